The van der Waals surface area contributed by atoms with Gasteiger partial charge in [0.1, 0.15) is 0 Å². The zero-order valence-electron chi connectivity index (χ0n) is 13.0. The number of anilines is 2. The van der Waals surface area contributed by atoms with Gasteiger partial charge in [-0.05, 0) is 35.4 Å². The lowest BCUT2D eigenvalue weighted by molar-refractivity contribution is -0.111. The predicted molar refractivity (Wildman–Crippen MR) is 101 cm³/mol. The monoisotopic (exact) mass is 371 g/mol. The van der Waals surface area contributed by atoms with Crippen LogP contribution >= 0.6 is 22.9 Å². The van der Waals surface area contributed by atoms with Crippen molar-refractivity contribution in [3.05, 3.63) is 71.0 Å². The van der Waals surface area contributed by atoms with E-state index in [1.165, 1.54) is 17.4 Å². The molecule has 8 heteroatoms. The summed E-state index contributed by atoms with van der Waals surface area (Å²) in [6, 6.07) is 11.1. The Morgan fingerprint density at radius 2 is 1.88 bits per heavy atom. The Labute approximate surface area is 153 Å². The van der Waals surface area contributed by atoms with E-state index in [1.54, 1.807) is 24.5 Å². The summed E-state index contributed by atoms with van der Waals surface area (Å²) in [7, 11) is 0. The lowest BCUT2D eigenvalue weighted by atomic mass is 10.2. The minimum absolute atomic E-state index is 0.295. The van der Waals surface area contributed by atoms with Gasteiger partial charge in [-0.25, -0.2) is 0 Å². The summed E-state index contributed by atoms with van der Waals surface area (Å²) in [5.41, 5.74) is 1.86. The topological polar surface area (TPSA) is 79.8 Å². The molecular weight excluding hydrogens is 358 g/mol. The molecule has 2 N–H and O–H groups in total. The number of nitrogens with one attached hydrogen (secondary N) is 2. The highest BCUT2D eigenvalue weighted by Crippen LogP contribution is 2.21. The molecule has 25 heavy (non-hydrogen) atoms. The molecule has 2 heterocycles. The van der Waals surface area contributed by atoms with Crippen LogP contribution in [0.15, 0.2) is 54.9 Å². The first-order valence-electron chi connectivity index (χ1n) is 7.40. The first kappa shape index (κ1) is 17.1. The Hall–Kier alpha value is -2.77. The fourth-order valence-electron chi connectivity index (χ4n) is 1.95. The Morgan fingerprint density at radius 1 is 1.12 bits per heavy atom. The number of benzene rings is 1. The van der Waals surface area contributed by atoms with Crippen molar-refractivity contribution in [2.45, 2.75) is 6.54 Å². The summed E-state index contributed by atoms with van der Waals surface area (Å²) in [6.45, 7) is 0.609. The molecular formula is C17H14ClN5OS. The third-order valence-corrected chi connectivity index (χ3v) is 4.31. The van der Waals surface area contributed by atoms with Gasteiger partial charge in [0.2, 0.25) is 16.2 Å². The van der Waals surface area contributed by atoms with Gasteiger partial charge in [0.15, 0.2) is 0 Å². The number of amides is 1. The number of carbonyl (C=O) groups is 1. The smallest absolute Gasteiger partial charge is 0.250 e. The molecule has 0 spiro atoms. The summed E-state index contributed by atoms with van der Waals surface area (Å²) in [6.07, 6.45) is 6.52. The molecule has 1 amide bonds. The van der Waals surface area contributed by atoms with E-state index >= 15 is 0 Å². The van der Waals surface area contributed by atoms with Crippen LogP contribution in [-0.2, 0) is 11.3 Å². The van der Waals surface area contributed by atoms with Gasteiger partial charge in [-0.1, -0.05) is 41.1 Å². The number of hydrogen-bond donors (Lipinski definition) is 2. The molecule has 0 aliphatic carbocycles. The quantitative estimate of drug-likeness (QED) is 0.643. The highest BCUT2D eigenvalue weighted by Gasteiger charge is 2.06. The van der Waals surface area contributed by atoms with E-state index in [1.807, 2.05) is 30.3 Å². The molecule has 0 saturated heterocycles. The van der Waals surface area contributed by atoms with Crippen molar-refractivity contribution in [3.63, 3.8) is 0 Å². The molecule has 0 saturated carbocycles. The third kappa shape index (κ3) is 5.10. The Balaban J connectivity index is 1.54. The van der Waals surface area contributed by atoms with Crippen LogP contribution in [0.4, 0.5) is 10.3 Å². The maximum atomic E-state index is 12.0. The largest absolute Gasteiger partial charge is 0.356 e. The standard InChI is InChI=1S/C17H14ClN5OS/c18-14-4-2-1-3-13(14)5-6-15(24)21-17-23-22-16(25-17)20-11-12-7-9-19-10-8-12/h1-10H,11H2,(H,20,22)(H,21,23,24). The Kier molecular flexibility index (Phi) is 5.71. The highest BCUT2D eigenvalue weighted by molar-refractivity contribution is 7.19. The van der Waals surface area contributed by atoms with Crippen molar-refractivity contribution >= 4 is 45.2 Å². The number of hydrogen-bond acceptors (Lipinski definition) is 6. The summed E-state index contributed by atoms with van der Waals surface area (Å²) in [5.74, 6) is -0.295. The van der Waals surface area contributed by atoms with Crippen LogP contribution in [0, 0.1) is 0 Å². The molecule has 0 aliphatic rings. The van der Waals surface area contributed by atoms with E-state index in [2.05, 4.69) is 25.8 Å². The number of halogens is 1. The molecule has 0 bridgehead atoms. The molecule has 0 atom stereocenters. The van der Waals surface area contributed by atoms with Crippen molar-refractivity contribution in [1.82, 2.24) is 15.2 Å². The SMILES string of the molecule is O=C(C=Cc1ccccc1Cl)Nc1nnc(NCc2ccncc2)s1. The molecule has 2 aromatic heterocycles. The molecule has 126 valence electrons. The average molecular weight is 372 g/mol. The van der Waals surface area contributed by atoms with Gasteiger partial charge in [0.05, 0.1) is 0 Å². The Bertz CT molecular complexity index is 882. The van der Waals surface area contributed by atoms with Gasteiger partial charge in [0, 0.05) is 30.0 Å². The van der Waals surface area contributed by atoms with Gasteiger partial charge < -0.3 is 5.32 Å². The molecule has 0 aliphatic heterocycles. The first-order chi connectivity index (χ1) is 12.2. The number of carbonyl (C=O) groups excluding carboxylic acids is 1. The van der Waals surface area contributed by atoms with Crippen LogP contribution in [0.5, 0.6) is 0 Å². The molecule has 0 fully saturated rings. The van der Waals surface area contributed by atoms with Crippen LogP contribution in [0.3, 0.4) is 0 Å². The molecule has 0 unspecified atom stereocenters. The van der Waals surface area contributed by atoms with E-state index in [0.29, 0.717) is 21.8 Å². The van der Waals surface area contributed by atoms with Crippen molar-refractivity contribution < 1.29 is 4.79 Å². The van der Waals surface area contributed by atoms with Crippen LogP contribution in [0.1, 0.15) is 11.1 Å². The average Bonchev–Trinajstić information content (AvgIpc) is 3.07. The van der Waals surface area contributed by atoms with Crippen molar-refractivity contribution in [2.24, 2.45) is 0 Å². The molecule has 6 nitrogen and oxygen atoms in total. The lowest BCUT2D eigenvalue weighted by Crippen LogP contribution is -2.07. The second kappa shape index (κ2) is 8.36. The van der Waals surface area contributed by atoms with Crippen molar-refractivity contribution in [3.8, 4) is 0 Å². The number of rotatable bonds is 6. The fourth-order valence-corrected chi connectivity index (χ4v) is 2.79. The second-order valence-electron chi connectivity index (χ2n) is 4.97. The zero-order valence-corrected chi connectivity index (χ0v) is 14.6. The maximum absolute atomic E-state index is 12.0. The van der Waals surface area contributed by atoms with E-state index in [0.717, 1.165) is 11.1 Å². The van der Waals surface area contributed by atoms with Gasteiger partial charge >= 0.3 is 0 Å². The number of nitrogens with zero attached hydrogens (tertiary/aromatic N) is 3. The summed E-state index contributed by atoms with van der Waals surface area (Å²) in [4.78, 5) is 15.9. The van der Waals surface area contributed by atoms with Crippen LogP contribution in [-0.4, -0.2) is 21.1 Å². The van der Waals surface area contributed by atoms with Crippen LogP contribution < -0.4 is 10.6 Å². The van der Waals surface area contributed by atoms with Gasteiger partial charge in [0.25, 0.3) is 0 Å². The van der Waals surface area contributed by atoms with Crippen LogP contribution in [0.25, 0.3) is 6.08 Å². The van der Waals surface area contributed by atoms with Gasteiger partial charge in [-0.2, -0.15) is 0 Å². The zero-order chi connectivity index (χ0) is 17.5. The molecule has 0 radical (unpaired) electrons. The van der Waals surface area contributed by atoms with E-state index < -0.39 is 0 Å². The third-order valence-electron chi connectivity index (χ3n) is 3.17. The molecule has 3 aromatic rings. The fraction of sp³-hybridized carbons (Fsp3) is 0.0588. The minimum Gasteiger partial charge on any atom is -0.356 e. The summed E-state index contributed by atoms with van der Waals surface area (Å²) in [5, 5.41) is 15.4. The Morgan fingerprint density at radius 3 is 2.68 bits per heavy atom. The van der Waals surface area contributed by atoms with Crippen molar-refractivity contribution in [2.75, 3.05) is 10.6 Å². The van der Waals surface area contributed by atoms with Crippen molar-refractivity contribution in [1.29, 1.82) is 0 Å². The van der Waals surface area contributed by atoms with Gasteiger partial charge in [-0.15, -0.1) is 10.2 Å². The van der Waals surface area contributed by atoms with E-state index in [-0.39, 0.29) is 5.91 Å². The molecule has 3 rings (SSSR count). The molecule has 1 aromatic carbocycles. The summed E-state index contributed by atoms with van der Waals surface area (Å²) < 4.78 is 0. The normalized spacial score (nSPS) is 10.8. The van der Waals surface area contributed by atoms with Crippen LogP contribution in [0.2, 0.25) is 5.02 Å². The summed E-state index contributed by atoms with van der Waals surface area (Å²) >= 11 is 7.31. The highest BCUT2D eigenvalue weighted by atomic mass is 35.5. The van der Waals surface area contributed by atoms with E-state index in [4.69, 9.17) is 11.6 Å². The lowest BCUT2D eigenvalue weighted by Gasteiger charge is -2.00. The second-order valence-corrected chi connectivity index (χ2v) is 6.35. The minimum atomic E-state index is -0.295. The number of pyridine rings is 1. The number of aromatic nitrogens is 3. The maximum Gasteiger partial charge on any atom is 0.250 e. The van der Waals surface area contributed by atoms with Gasteiger partial charge in [-0.3, -0.25) is 15.1 Å². The predicted octanol–water partition coefficient (Wildman–Crippen LogP) is 3.85. The first-order valence-corrected chi connectivity index (χ1v) is 8.60. The van der Waals surface area contributed by atoms with E-state index in [9.17, 15) is 4.79 Å².